The molecule has 0 aromatic carbocycles. The lowest BCUT2D eigenvalue weighted by atomic mass is 10.0. The van der Waals surface area contributed by atoms with Crippen molar-refractivity contribution in [1.82, 2.24) is 9.71 Å². The van der Waals surface area contributed by atoms with Crippen LogP contribution in [0.5, 0.6) is 0 Å². The number of nitrogens with one attached hydrogen (secondary N) is 2. The van der Waals surface area contributed by atoms with Crippen molar-refractivity contribution >= 4 is 15.8 Å². The SMILES string of the molecule is CCNc1ccc(S(=O)(=O)NC2(C)CCCC2)cn1. The molecule has 0 spiro atoms. The smallest absolute Gasteiger partial charge is 0.242 e. The fourth-order valence-corrected chi connectivity index (χ4v) is 3.88. The molecule has 0 atom stereocenters. The van der Waals surface area contributed by atoms with Gasteiger partial charge in [0.25, 0.3) is 0 Å². The van der Waals surface area contributed by atoms with Crippen molar-refractivity contribution in [3.63, 3.8) is 0 Å². The predicted molar refractivity (Wildman–Crippen MR) is 75.6 cm³/mol. The van der Waals surface area contributed by atoms with Crippen molar-refractivity contribution in [2.24, 2.45) is 0 Å². The molecule has 2 rings (SSSR count). The van der Waals surface area contributed by atoms with Gasteiger partial charge in [0.2, 0.25) is 10.0 Å². The molecule has 1 aliphatic carbocycles. The molecule has 0 unspecified atom stereocenters. The molecule has 0 amide bonds. The Kier molecular flexibility index (Phi) is 4.10. The topological polar surface area (TPSA) is 71.1 Å². The van der Waals surface area contributed by atoms with E-state index in [0.29, 0.717) is 5.82 Å². The fraction of sp³-hybridized carbons (Fsp3) is 0.615. The van der Waals surface area contributed by atoms with Gasteiger partial charge in [0.1, 0.15) is 10.7 Å². The largest absolute Gasteiger partial charge is 0.370 e. The third kappa shape index (κ3) is 3.45. The summed E-state index contributed by atoms with van der Waals surface area (Å²) < 4.78 is 27.4. The highest BCUT2D eigenvalue weighted by Gasteiger charge is 2.33. The van der Waals surface area contributed by atoms with Crippen LogP contribution in [-0.2, 0) is 10.0 Å². The molecule has 0 saturated heterocycles. The Morgan fingerprint density at radius 2 is 2.00 bits per heavy atom. The van der Waals surface area contributed by atoms with E-state index in [1.54, 1.807) is 12.1 Å². The van der Waals surface area contributed by atoms with E-state index in [9.17, 15) is 8.42 Å². The molecule has 19 heavy (non-hydrogen) atoms. The van der Waals surface area contributed by atoms with Gasteiger partial charge in [-0.3, -0.25) is 0 Å². The number of anilines is 1. The number of pyridine rings is 1. The normalized spacial score (nSPS) is 18.4. The van der Waals surface area contributed by atoms with Gasteiger partial charge in [0, 0.05) is 18.3 Å². The molecular weight excluding hydrogens is 262 g/mol. The van der Waals surface area contributed by atoms with E-state index in [2.05, 4.69) is 15.0 Å². The Hall–Kier alpha value is -1.14. The van der Waals surface area contributed by atoms with E-state index < -0.39 is 10.0 Å². The summed E-state index contributed by atoms with van der Waals surface area (Å²) in [5.74, 6) is 0.688. The van der Waals surface area contributed by atoms with E-state index in [0.717, 1.165) is 32.2 Å². The zero-order valence-corrected chi connectivity index (χ0v) is 12.3. The Morgan fingerprint density at radius 3 is 2.53 bits per heavy atom. The molecule has 0 bridgehead atoms. The molecule has 0 aliphatic heterocycles. The number of nitrogens with zero attached hydrogens (tertiary/aromatic N) is 1. The maximum Gasteiger partial charge on any atom is 0.242 e. The van der Waals surface area contributed by atoms with E-state index in [-0.39, 0.29) is 10.4 Å². The number of hydrogen-bond acceptors (Lipinski definition) is 4. The Morgan fingerprint density at radius 1 is 1.32 bits per heavy atom. The highest BCUT2D eigenvalue weighted by molar-refractivity contribution is 7.89. The molecule has 1 aromatic rings. The summed E-state index contributed by atoms with van der Waals surface area (Å²) in [5, 5.41) is 3.04. The highest BCUT2D eigenvalue weighted by atomic mass is 32.2. The fourth-order valence-electron chi connectivity index (χ4n) is 2.47. The summed E-state index contributed by atoms with van der Waals surface area (Å²) in [6, 6.07) is 3.28. The zero-order chi connectivity index (χ0) is 13.9. The first-order chi connectivity index (χ1) is 8.95. The molecule has 106 valence electrons. The third-order valence-electron chi connectivity index (χ3n) is 3.49. The van der Waals surface area contributed by atoms with Gasteiger partial charge in [0.05, 0.1) is 0 Å². The zero-order valence-electron chi connectivity index (χ0n) is 11.4. The molecule has 1 aromatic heterocycles. The van der Waals surface area contributed by atoms with Gasteiger partial charge >= 0.3 is 0 Å². The van der Waals surface area contributed by atoms with Crippen molar-refractivity contribution in [3.8, 4) is 0 Å². The molecule has 6 heteroatoms. The Labute approximate surface area is 114 Å². The summed E-state index contributed by atoms with van der Waals surface area (Å²) in [6.45, 7) is 4.70. The number of rotatable bonds is 5. The summed E-state index contributed by atoms with van der Waals surface area (Å²) in [5.41, 5.74) is -0.306. The van der Waals surface area contributed by atoms with Gasteiger partial charge in [-0.2, -0.15) is 0 Å². The van der Waals surface area contributed by atoms with Gasteiger partial charge in [0.15, 0.2) is 0 Å². The maximum atomic E-state index is 12.3. The molecule has 1 fully saturated rings. The van der Waals surface area contributed by atoms with Gasteiger partial charge in [-0.1, -0.05) is 12.8 Å². The predicted octanol–water partition coefficient (Wildman–Crippen LogP) is 2.12. The van der Waals surface area contributed by atoms with Crippen molar-refractivity contribution in [3.05, 3.63) is 18.3 Å². The van der Waals surface area contributed by atoms with Crippen molar-refractivity contribution in [1.29, 1.82) is 0 Å². The van der Waals surface area contributed by atoms with Crippen LogP contribution in [-0.4, -0.2) is 25.5 Å². The first kappa shape index (κ1) is 14.3. The molecule has 5 nitrogen and oxygen atoms in total. The minimum atomic E-state index is -3.47. The van der Waals surface area contributed by atoms with Gasteiger partial charge in [-0.05, 0) is 38.8 Å². The lowest BCUT2D eigenvalue weighted by Crippen LogP contribution is -2.43. The quantitative estimate of drug-likeness (QED) is 0.868. The van der Waals surface area contributed by atoms with E-state index in [1.807, 2.05) is 13.8 Å². The van der Waals surface area contributed by atoms with Crippen molar-refractivity contribution in [2.45, 2.75) is 50.0 Å². The van der Waals surface area contributed by atoms with E-state index in [4.69, 9.17) is 0 Å². The van der Waals surface area contributed by atoms with Gasteiger partial charge in [-0.25, -0.2) is 18.1 Å². The van der Waals surface area contributed by atoms with Crippen molar-refractivity contribution < 1.29 is 8.42 Å². The third-order valence-corrected chi connectivity index (χ3v) is 5.12. The van der Waals surface area contributed by atoms with Crippen LogP contribution in [0.3, 0.4) is 0 Å². The minimum Gasteiger partial charge on any atom is -0.370 e. The highest BCUT2D eigenvalue weighted by Crippen LogP contribution is 2.30. The molecule has 1 heterocycles. The van der Waals surface area contributed by atoms with E-state index >= 15 is 0 Å². The minimum absolute atomic E-state index is 0.224. The second-order valence-corrected chi connectivity index (χ2v) is 6.97. The molecule has 0 radical (unpaired) electrons. The standard InChI is InChI=1S/C13H21N3O2S/c1-3-14-12-7-6-11(10-15-12)19(17,18)16-13(2)8-4-5-9-13/h6-7,10,16H,3-5,8-9H2,1-2H3,(H,14,15). The van der Waals surface area contributed by atoms with Crippen LogP contribution in [0.4, 0.5) is 5.82 Å². The first-order valence-corrected chi connectivity index (χ1v) is 8.17. The van der Waals surface area contributed by atoms with Gasteiger partial charge < -0.3 is 5.32 Å². The molecule has 1 saturated carbocycles. The number of sulfonamides is 1. The van der Waals surface area contributed by atoms with Crippen LogP contribution < -0.4 is 10.0 Å². The summed E-state index contributed by atoms with van der Waals surface area (Å²) in [4.78, 5) is 4.33. The summed E-state index contributed by atoms with van der Waals surface area (Å²) in [6.07, 6.45) is 5.36. The van der Waals surface area contributed by atoms with E-state index in [1.165, 1.54) is 6.20 Å². The average molecular weight is 283 g/mol. The van der Waals surface area contributed by atoms with Crippen LogP contribution in [0.25, 0.3) is 0 Å². The second kappa shape index (κ2) is 5.46. The average Bonchev–Trinajstić information content (AvgIpc) is 2.76. The Balaban J connectivity index is 2.15. The molecular formula is C13H21N3O2S. The van der Waals surface area contributed by atoms with Crippen molar-refractivity contribution in [2.75, 3.05) is 11.9 Å². The lowest BCUT2D eigenvalue weighted by Gasteiger charge is -2.24. The lowest BCUT2D eigenvalue weighted by molar-refractivity contribution is 0.427. The van der Waals surface area contributed by atoms with Crippen LogP contribution >= 0.6 is 0 Å². The molecule has 2 N–H and O–H groups in total. The Bertz CT molecular complexity index is 519. The summed E-state index contributed by atoms with van der Waals surface area (Å²) >= 11 is 0. The number of aromatic nitrogens is 1. The van der Waals surface area contributed by atoms with Crippen LogP contribution in [0.15, 0.2) is 23.2 Å². The van der Waals surface area contributed by atoms with Crippen LogP contribution in [0.1, 0.15) is 39.5 Å². The van der Waals surface area contributed by atoms with Gasteiger partial charge in [-0.15, -0.1) is 0 Å². The second-order valence-electron chi connectivity index (χ2n) is 5.28. The number of hydrogen-bond donors (Lipinski definition) is 2. The first-order valence-electron chi connectivity index (χ1n) is 6.69. The maximum absolute atomic E-state index is 12.3. The van der Waals surface area contributed by atoms with Crippen LogP contribution in [0.2, 0.25) is 0 Å². The van der Waals surface area contributed by atoms with Crippen LogP contribution in [0, 0.1) is 0 Å². The molecule has 1 aliphatic rings. The summed E-state index contributed by atoms with van der Waals surface area (Å²) in [7, 11) is -3.47. The monoisotopic (exact) mass is 283 g/mol.